The van der Waals surface area contributed by atoms with Gasteiger partial charge >= 0.3 is 43.7 Å². The van der Waals surface area contributed by atoms with E-state index in [1.54, 1.807) is 6.92 Å². The van der Waals surface area contributed by atoms with Crippen LogP contribution in [-0.4, -0.2) is 49.0 Å². The zero-order valence-corrected chi connectivity index (χ0v) is 6.39. The second-order valence-corrected chi connectivity index (χ2v) is 0.817. The first-order valence-corrected chi connectivity index (χ1v) is 1.65. The van der Waals surface area contributed by atoms with Gasteiger partial charge in [0.2, 0.25) is 0 Å². The van der Waals surface area contributed by atoms with Crippen molar-refractivity contribution in [2.75, 3.05) is 0 Å². The zero-order valence-electron chi connectivity index (χ0n) is 6.18. The molecule has 3 nitrogen and oxygen atoms in total. The molecular formula is C3H8CaO3. The van der Waals surface area contributed by atoms with Crippen molar-refractivity contribution in [1.82, 2.24) is 0 Å². The van der Waals surface area contributed by atoms with Gasteiger partial charge in [0.25, 0.3) is 0 Å². The van der Waals surface area contributed by atoms with Crippen LogP contribution < -0.4 is 0 Å². The van der Waals surface area contributed by atoms with E-state index in [1.165, 1.54) is 0 Å². The van der Waals surface area contributed by atoms with Crippen LogP contribution in [0.1, 0.15) is 16.2 Å². The molecule has 40 valence electrons. The first-order valence-electron chi connectivity index (χ1n) is 1.65. The topological polar surface area (TPSA) is 46.5 Å². The van der Waals surface area contributed by atoms with Crippen LogP contribution in [0.4, 0.5) is 0 Å². The molecule has 1 N–H and O–H groups in total. The molecule has 0 aromatic carbocycles. The van der Waals surface area contributed by atoms with Gasteiger partial charge in [-0.25, -0.2) is 4.79 Å². The normalized spacial score (nSPS) is 6.57. The van der Waals surface area contributed by atoms with Gasteiger partial charge < -0.3 is 7.74 Å². The molecule has 0 aliphatic heterocycles. The van der Waals surface area contributed by atoms with E-state index >= 15 is 0 Å². The minimum Gasteiger partial charge on any atom is -1.00 e. The SMILES string of the molecule is CCC(=O)OO.[Ca+2].[H-].[H-]. The van der Waals surface area contributed by atoms with Gasteiger partial charge in [0.05, 0.1) is 0 Å². The van der Waals surface area contributed by atoms with Gasteiger partial charge in [-0.3, -0.25) is 0 Å². The van der Waals surface area contributed by atoms with Crippen LogP contribution >= 0.6 is 0 Å². The fourth-order valence-corrected chi connectivity index (χ4v) is 0.0645. The Kier molecular flexibility index (Phi) is 10.2. The van der Waals surface area contributed by atoms with Crippen LogP contribution in [0.3, 0.4) is 0 Å². The molecular weight excluding hydrogens is 124 g/mol. The van der Waals surface area contributed by atoms with E-state index in [1.807, 2.05) is 0 Å². The molecule has 0 fully saturated rings. The number of rotatable bonds is 1. The minimum atomic E-state index is -0.602. The Morgan fingerprint density at radius 3 is 2.43 bits per heavy atom. The first kappa shape index (κ1) is 10.6. The summed E-state index contributed by atoms with van der Waals surface area (Å²) in [6, 6.07) is 0. The summed E-state index contributed by atoms with van der Waals surface area (Å²) in [5.41, 5.74) is 0. The molecule has 0 aromatic rings. The molecule has 0 amide bonds. The van der Waals surface area contributed by atoms with Crippen LogP contribution in [0, 0.1) is 0 Å². The van der Waals surface area contributed by atoms with E-state index in [2.05, 4.69) is 4.89 Å². The van der Waals surface area contributed by atoms with Crippen molar-refractivity contribution in [3.8, 4) is 0 Å². The molecule has 0 unspecified atom stereocenters. The maximum atomic E-state index is 9.71. The number of hydrogen-bond acceptors (Lipinski definition) is 3. The summed E-state index contributed by atoms with van der Waals surface area (Å²) in [6.45, 7) is 1.60. The smallest absolute Gasteiger partial charge is 1.00 e. The first-order chi connectivity index (χ1) is 2.81. The number of hydrogen-bond donors (Lipinski definition) is 1. The zero-order chi connectivity index (χ0) is 4.99. The van der Waals surface area contributed by atoms with Crippen LogP contribution in [0.5, 0.6) is 0 Å². The van der Waals surface area contributed by atoms with Crippen molar-refractivity contribution in [2.45, 2.75) is 13.3 Å². The van der Waals surface area contributed by atoms with Crippen LogP contribution in [0.15, 0.2) is 0 Å². The third-order valence-corrected chi connectivity index (χ3v) is 0.390. The quantitative estimate of drug-likeness (QED) is 0.316. The van der Waals surface area contributed by atoms with Gasteiger partial charge in [0, 0.05) is 6.42 Å². The maximum Gasteiger partial charge on any atom is 2.00 e. The average Bonchev–Trinajstić information content (AvgIpc) is 1.65. The van der Waals surface area contributed by atoms with E-state index in [4.69, 9.17) is 5.26 Å². The second kappa shape index (κ2) is 6.69. The predicted molar refractivity (Wildman–Crippen MR) is 27.0 cm³/mol. The summed E-state index contributed by atoms with van der Waals surface area (Å²) < 4.78 is 0. The summed E-state index contributed by atoms with van der Waals surface area (Å²) in [4.78, 5) is 13.0. The fourth-order valence-electron chi connectivity index (χ4n) is 0.0645. The largest absolute Gasteiger partial charge is 2.00 e. The Morgan fingerprint density at radius 2 is 2.43 bits per heavy atom. The van der Waals surface area contributed by atoms with Gasteiger partial charge in [-0.1, -0.05) is 6.92 Å². The summed E-state index contributed by atoms with van der Waals surface area (Å²) in [5, 5.41) is 7.49. The van der Waals surface area contributed by atoms with Crippen molar-refractivity contribution < 1.29 is 17.8 Å². The van der Waals surface area contributed by atoms with Crippen molar-refractivity contribution in [3.63, 3.8) is 0 Å². The standard InChI is InChI=1S/C3H6O3.Ca.2H/c1-2-3(4)6-5;;;/h5H,2H2,1H3;;;/q;+2;2*-1. The second-order valence-electron chi connectivity index (χ2n) is 0.817. The van der Waals surface area contributed by atoms with Gasteiger partial charge in [-0.2, -0.15) is 5.26 Å². The van der Waals surface area contributed by atoms with Crippen molar-refractivity contribution in [1.29, 1.82) is 0 Å². The third-order valence-electron chi connectivity index (χ3n) is 0.390. The average molecular weight is 132 g/mol. The van der Waals surface area contributed by atoms with E-state index in [-0.39, 0.29) is 47.0 Å². The Morgan fingerprint density at radius 1 is 2.00 bits per heavy atom. The molecule has 0 spiro atoms. The summed E-state index contributed by atoms with van der Waals surface area (Å²) in [6.07, 6.45) is 0.219. The van der Waals surface area contributed by atoms with Gasteiger partial charge in [-0.05, 0) is 0 Å². The number of carbonyl (C=O) groups excluding carboxylic acids is 1. The van der Waals surface area contributed by atoms with Crippen molar-refractivity contribution in [3.05, 3.63) is 0 Å². The third kappa shape index (κ3) is 6.69. The molecule has 0 saturated heterocycles. The monoisotopic (exact) mass is 132 g/mol. The summed E-state index contributed by atoms with van der Waals surface area (Å²) in [5.74, 6) is -0.602. The maximum absolute atomic E-state index is 9.71. The molecule has 0 atom stereocenters. The molecule has 0 rings (SSSR count). The summed E-state index contributed by atoms with van der Waals surface area (Å²) >= 11 is 0. The van der Waals surface area contributed by atoms with Crippen LogP contribution in [-0.2, 0) is 9.68 Å². The molecule has 7 heavy (non-hydrogen) atoms. The van der Waals surface area contributed by atoms with Crippen molar-refractivity contribution >= 4 is 43.7 Å². The van der Waals surface area contributed by atoms with Gasteiger partial charge in [0.15, 0.2) is 0 Å². The summed E-state index contributed by atoms with van der Waals surface area (Å²) in [7, 11) is 0. The van der Waals surface area contributed by atoms with E-state index in [0.717, 1.165) is 0 Å². The molecule has 0 aliphatic carbocycles. The van der Waals surface area contributed by atoms with E-state index in [9.17, 15) is 4.79 Å². The Bertz CT molecular complexity index is 55.0. The molecule has 0 bridgehead atoms. The molecule has 0 aromatic heterocycles. The molecule has 0 heterocycles. The van der Waals surface area contributed by atoms with Gasteiger partial charge in [0.1, 0.15) is 0 Å². The Balaban J connectivity index is -0.0000000417. The molecule has 0 aliphatic rings. The fraction of sp³-hybridized carbons (Fsp3) is 0.667. The Hall–Kier alpha value is 0.690. The molecule has 0 radical (unpaired) electrons. The minimum absolute atomic E-state index is 0. The van der Waals surface area contributed by atoms with Crippen LogP contribution in [0.25, 0.3) is 0 Å². The molecule has 4 heteroatoms. The van der Waals surface area contributed by atoms with Crippen molar-refractivity contribution in [2.24, 2.45) is 0 Å². The van der Waals surface area contributed by atoms with Gasteiger partial charge in [-0.15, -0.1) is 0 Å². The predicted octanol–water partition coefficient (Wildman–Crippen LogP) is 0.257. The van der Waals surface area contributed by atoms with Crippen LogP contribution in [0.2, 0.25) is 0 Å². The van der Waals surface area contributed by atoms with E-state index < -0.39 is 5.97 Å². The number of carbonyl (C=O) groups is 1. The Labute approximate surface area is 74.6 Å². The van der Waals surface area contributed by atoms with E-state index in [0.29, 0.717) is 0 Å². The molecule has 0 saturated carbocycles.